The van der Waals surface area contributed by atoms with E-state index in [2.05, 4.69) is 15.9 Å². The van der Waals surface area contributed by atoms with Crippen molar-refractivity contribution in [2.45, 2.75) is 0 Å². The van der Waals surface area contributed by atoms with Crippen LogP contribution in [0.2, 0.25) is 5.02 Å². The number of carbonyl (C=O) groups excluding carboxylic acids is 1. The highest BCUT2D eigenvalue weighted by atomic mass is 79.9. The normalized spacial score (nSPS) is 10.2. The molecule has 0 spiro atoms. The Hall–Kier alpha value is -1.32. The average molecular weight is 311 g/mol. The largest absolute Gasteiger partial charge is 0.398 e. The highest BCUT2D eigenvalue weighted by Gasteiger charge is 2.12. The third kappa shape index (κ3) is 2.68. The molecule has 0 saturated heterocycles. The summed E-state index contributed by atoms with van der Waals surface area (Å²) in [4.78, 5) is 12.2. The number of halogens is 2. The van der Waals surface area contributed by atoms with Gasteiger partial charge < -0.3 is 5.73 Å². The van der Waals surface area contributed by atoms with E-state index in [1.165, 1.54) is 0 Å². The maximum Gasteiger partial charge on any atom is 0.195 e. The van der Waals surface area contributed by atoms with Crippen LogP contribution in [0.25, 0.3) is 0 Å². The summed E-state index contributed by atoms with van der Waals surface area (Å²) in [6.07, 6.45) is 0. The second kappa shape index (κ2) is 4.90. The van der Waals surface area contributed by atoms with E-state index in [4.69, 9.17) is 17.3 Å². The molecule has 0 amide bonds. The van der Waals surface area contributed by atoms with Crippen molar-refractivity contribution in [1.29, 1.82) is 0 Å². The van der Waals surface area contributed by atoms with Crippen molar-refractivity contribution in [2.75, 3.05) is 5.73 Å². The molecule has 0 unspecified atom stereocenters. The van der Waals surface area contributed by atoms with Crippen molar-refractivity contribution in [3.05, 3.63) is 63.1 Å². The Balaban J connectivity index is 2.47. The fourth-order valence-electron chi connectivity index (χ4n) is 1.51. The molecule has 0 saturated carbocycles. The first-order valence-electron chi connectivity index (χ1n) is 4.93. The van der Waals surface area contributed by atoms with Gasteiger partial charge in [0.1, 0.15) is 0 Å². The summed E-state index contributed by atoms with van der Waals surface area (Å²) in [6, 6.07) is 12.0. The fraction of sp³-hybridized carbons (Fsp3) is 0. The van der Waals surface area contributed by atoms with Gasteiger partial charge in [-0.2, -0.15) is 0 Å². The molecule has 2 aromatic rings. The van der Waals surface area contributed by atoms with E-state index in [9.17, 15) is 4.79 Å². The summed E-state index contributed by atoms with van der Waals surface area (Å²) in [6.45, 7) is 0. The zero-order chi connectivity index (χ0) is 12.4. The Morgan fingerprint density at radius 2 is 1.94 bits per heavy atom. The number of ketones is 1. The van der Waals surface area contributed by atoms with Gasteiger partial charge in [-0.3, -0.25) is 4.79 Å². The number of nitrogens with two attached hydrogens (primary N) is 1. The van der Waals surface area contributed by atoms with E-state index >= 15 is 0 Å². The number of nitrogen functional groups attached to an aromatic ring is 1. The maximum atomic E-state index is 12.2. The summed E-state index contributed by atoms with van der Waals surface area (Å²) >= 11 is 9.19. The minimum absolute atomic E-state index is 0.133. The molecule has 0 aromatic heterocycles. The van der Waals surface area contributed by atoms with Gasteiger partial charge in [0, 0.05) is 26.3 Å². The van der Waals surface area contributed by atoms with E-state index in [0.29, 0.717) is 21.8 Å². The number of carbonyl (C=O) groups is 1. The third-order valence-electron chi connectivity index (χ3n) is 2.35. The standard InChI is InChI=1S/C13H9BrClNO/c14-9-3-1-2-8(6-9)13(17)11-7-10(15)4-5-12(11)16/h1-7H,16H2. The van der Waals surface area contributed by atoms with Crippen LogP contribution in [0, 0.1) is 0 Å². The minimum atomic E-state index is -0.133. The lowest BCUT2D eigenvalue weighted by molar-refractivity contribution is 0.103. The topological polar surface area (TPSA) is 43.1 Å². The second-order valence-electron chi connectivity index (χ2n) is 3.57. The van der Waals surface area contributed by atoms with Crippen molar-refractivity contribution in [2.24, 2.45) is 0 Å². The van der Waals surface area contributed by atoms with Gasteiger partial charge in [-0.05, 0) is 30.3 Å². The third-order valence-corrected chi connectivity index (χ3v) is 3.08. The van der Waals surface area contributed by atoms with Crippen LogP contribution < -0.4 is 5.73 Å². The Morgan fingerprint density at radius 1 is 1.18 bits per heavy atom. The molecular weight excluding hydrogens is 302 g/mol. The van der Waals surface area contributed by atoms with Gasteiger partial charge in [-0.1, -0.05) is 39.7 Å². The number of anilines is 1. The molecule has 2 rings (SSSR count). The van der Waals surface area contributed by atoms with Gasteiger partial charge in [-0.15, -0.1) is 0 Å². The molecule has 86 valence electrons. The van der Waals surface area contributed by atoms with Gasteiger partial charge in [0.25, 0.3) is 0 Å². The van der Waals surface area contributed by atoms with Crippen molar-refractivity contribution < 1.29 is 4.79 Å². The molecule has 4 heteroatoms. The Kier molecular flexibility index (Phi) is 3.50. The summed E-state index contributed by atoms with van der Waals surface area (Å²) in [7, 11) is 0. The summed E-state index contributed by atoms with van der Waals surface area (Å²) in [5.41, 5.74) is 7.21. The van der Waals surface area contributed by atoms with Crippen LogP contribution in [0.3, 0.4) is 0 Å². The lowest BCUT2D eigenvalue weighted by Gasteiger charge is -2.05. The second-order valence-corrected chi connectivity index (χ2v) is 4.92. The molecule has 2 nitrogen and oxygen atoms in total. The molecule has 2 N–H and O–H groups in total. The smallest absolute Gasteiger partial charge is 0.195 e. The molecule has 0 heterocycles. The fourth-order valence-corrected chi connectivity index (χ4v) is 2.08. The number of hydrogen-bond acceptors (Lipinski definition) is 2. The number of benzene rings is 2. The molecule has 0 aliphatic heterocycles. The van der Waals surface area contributed by atoms with Gasteiger partial charge in [-0.25, -0.2) is 0 Å². The molecule has 0 radical (unpaired) electrons. The molecule has 0 atom stereocenters. The van der Waals surface area contributed by atoms with Gasteiger partial charge in [0.05, 0.1) is 0 Å². The van der Waals surface area contributed by atoms with E-state index in [0.717, 1.165) is 4.47 Å². The lowest BCUT2D eigenvalue weighted by Crippen LogP contribution is -2.05. The van der Waals surface area contributed by atoms with Gasteiger partial charge >= 0.3 is 0 Å². The Bertz CT molecular complexity index is 583. The lowest BCUT2D eigenvalue weighted by atomic mass is 10.0. The van der Waals surface area contributed by atoms with Crippen LogP contribution in [0.4, 0.5) is 5.69 Å². The first kappa shape index (κ1) is 12.1. The molecule has 0 aliphatic carbocycles. The molecule has 0 aliphatic rings. The predicted molar refractivity (Wildman–Crippen MR) is 73.4 cm³/mol. The van der Waals surface area contributed by atoms with Crippen LogP contribution in [0.15, 0.2) is 46.9 Å². The van der Waals surface area contributed by atoms with Gasteiger partial charge in [0.2, 0.25) is 0 Å². The summed E-state index contributed by atoms with van der Waals surface area (Å²) in [5.74, 6) is -0.133. The van der Waals surface area contributed by atoms with Crippen molar-refractivity contribution >= 4 is 39.0 Å². The van der Waals surface area contributed by atoms with E-state index in [1.807, 2.05) is 6.07 Å². The summed E-state index contributed by atoms with van der Waals surface area (Å²) < 4.78 is 0.851. The molecule has 2 aromatic carbocycles. The zero-order valence-corrected chi connectivity index (χ0v) is 11.1. The monoisotopic (exact) mass is 309 g/mol. The zero-order valence-electron chi connectivity index (χ0n) is 8.78. The first-order chi connectivity index (χ1) is 8.08. The summed E-state index contributed by atoms with van der Waals surface area (Å²) in [5, 5.41) is 0.498. The first-order valence-corrected chi connectivity index (χ1v) is 6.10. The van der Waals surface area contributed by atoms with Crippen LogP contribution in [-0.2, 0) is 0 Å². The molecule has 17 heavy (non-hydrogen) atoms. The van der Waals surface area contributed by atoms with E-state index in [1.54, 1.807) is 36.4 Å². The predicted octanol–water partition coefficient (Wildman–Crippen LogP) is 3.92. The minimum Gasteiger partial charge on any atom is -0.398 e. The van der Waals surface area contributed by atoms with Crippen LogP contribution in [0.1, 0.15) is 15.9 Å². The van der Waals surface area contributed by atoms with Crippen molar-refractivity contribution in [3.63, 3.8) is 0 Å². The average Bonchev–Trinajstić information content (AvgIpc) is 2.31. The highest BCUT2D eigenvalue weighted by Crippen LogP contribution is 2.22. The molecule has 0 bridgehead atoms. The molecule has 0 fully saturated rings. The SMILES string of the molecule is Nc1ccc(Cl)cc1C(=O)c1cccc(Br)c1. The highest BCUT2D eigenvalue weighted by molar-refractivity contribution is 9.10. The molecular formula is C13H9BrClNO. The van der Waals surface area contributed by atoms with Crippen molar-refractivity contribution in [3.8, 4) is 0 Å². The maximum absolute atomic E-state index is 12.2. The van der Waals surface area contributed by atoms with E-state index in [-0.39, 0.29) is 5.78 Å². The van der Waals surface area contributed by atoms with Crippen LogP contribution in [0.5, 0.6) is 0 Å². The number of hydrogen-bond donors (Lipinski definition) is 1. The van der Waals surface area contributed by atoms with Crippen LogP contribution >= 0.6 is 27.5 Å². The Morgan fingerprint density at radius 3 is 2.65 bits per heavy atom. The van der Waals surface area contributed by atoms with Crippen LogP contribution in [-0.4, -0.2) is 5.78 Å². The quantitative estimate of drug-likeness (QED) is 0.675. The van der Waals surface area contributed by atoms with Crippen molar-refractivity contribution in [1.82, 2.24) is 0 Å². The van der Waals surface area contributed by atoms with Gasteiger partial charge in [0.15, 0.2) is 5.78 Å². The number of rotatable bonds is 2. The Labute approximate surface area is 113 Å². The van der Waals surface area contributed by atoms with E-state index < -0.39 is 0 Å².